The fraction of sp³-hybridized carbons (Fsp3) is 0.545. The molecular formula is C22H30FN3O5Si. The predicted molar refractivity (Wildman–Crippen MR) is 120 cm³/mol. The lowest BCUT2D eigenvalue weighted by molar-refractivity contribution is 0.102. The third-order valence-corrected chi connectivity index (χ3v) is 10.9. The first-order valence-electron chi connectivity index (χ1n) is 10.8. The van der Waals surface area contributed by atoms with Gasteiger partial charge < -0.3 is 23.3 Å². The van der Waals surface area contributed by atoms with E-state index in [2.05, 4.69) is 39.0 Å². The molecule has 0 radical (unpaired) electrons. The highest BCUT2D eigenvalue weighted by molar-refractivity contribution is 6.74. The van der Waals surface area contributed by atoms with Crippen molar-refractivity contribution in [3.8, 4) is 5.88 Å². The Kier molecular flexibility index (Phi) is 5.93. The second-order valence-electron chi connectivity index (χ2n) is 9.81. The SMILES string of the molecule is CC(C)(C)[Si](C)(C)OC1CN(c2ccc(N3CC(COc4ccon4)OC3=O)cc2F)C1. The van der Waals surface area contributed by atoms with Crippen LogP contribution in [0.25, 0.3) is 0 Å². The Balaban J connectivity index is 1.33. The molecule has 0 spiro atoms. The van der Waals surface area contributed by atoms with Gasteiger partial charge in [0.1, 0.15) is 18.7 Å². The number of benzene rings is 1. The van der Waals surface area contributed by atoms with Crippen LogP contribution in [0.5, 0.6) is 5.88 Å². The highest BCUT2D eigenvalue weighted by Gasteiger charge is 2.42. The summed E-state index contributed by atoms with van der Waals surface area (Å²) in [5, 5.41) is 3.79. The minimum atomic E-state index is -1.85. The molecule has 8 nitrogen and oxygen atoms in total. The maximum Gasteiger partial charge on any atom is 0.414 e. The summed E-state index contributed by atoms with van der Waals surface area (Å²) in [7, 11) is -1.85. The maximum atomic E-state index is 14.9. The fourth-order valence-corrected chi connectivity index (χ4v) is 4.83. The van der Waals surface area contributed by atoms with E-state index in [0.29, 0.717) is 30.3 Å². The van der Waals surface area contributed by atoms with Crippen molar-refractivity contribution >= 4 is 25.8 Å². The first kappa shape index (κ1) is 22.6. The summed E-state index contributed by atoms with van der Waals surface area (Å²) in [5.74, 6) is -0.0522. The average Bonchev–Trinajstić information content (AvgIpc) is 3.31. The number of anilines is 2. The summed E-state index contributed by atoms with van der Waals surface area (Å²) in [5.41, 5.74) is 0.970. The first-order valence-corrected chi connectivity index (χ1v) is 13.7. The van der Waals surface area contributed by atoms with E-state index < -0.39 is 20.5 Å². The minimum Gasteiger partial charge on any atom is -0.471 e. The summed E-state index contributed by atoms with van der Waals surface area (Å²) in [6, 6.07) is 6.39. The van der Waals surface area contributed by atoms with Gasteiger partial charge in [-0.1, -0.05) is 20.8 Å². The molecule has 2 aliphatic rings. The third kappa shape index (κ3) is 4.61. The molecular weight excluding hydrogens is 433 g/mol. The minimum absolute atomic E-state index is 0.119. The van der Waals surface area contributed by atoms with Gasteiger partial charge in [-0.25, -0.2) is 9.18 Å². The number of hydrogen-bond donors (Lipinski definition) is 0. The summed E-state index contributed by atoms with van der Waals surface area (Å²) in [6.07, 6.45) is 0.504. The smallest absolute Gasteiger partial charge is 0.414 e. The maximum absolute atomic E-state index is 14.9. The van der Waals surface area contributed by atoms with Gasteiger partial charge in [0.25, 0.3) is 5.88 Å². The van der Waals surface area contributed by atoms with Gasteiger partial charge in [-0.15, -0.1) is 0 Å². The summed E-state index contributed by atoms with van der Waals surface area (Å²) in [4.78, 5) is 15.6. The molecule has 4 rings (SSSR count). The molecule has 2 aromatic rings. The van der Waals surface area contributed by atoms with E-state index in [9.17, 15) is 9.18 Å². The van der Waals surface area contributed by atoms with Crippen molar-refractivity contribution in [1.82, 2.24) is 5.16 Å². The van der Waals surface area contributed by atoms with Crippen LogP contribution in [0.1, 0.15) is 20.8 Å². The van der Waals surface area contributed by atoms with Crippen LogP contribution in [-0.2, 0) is 9.16 Å². The molecule has 1 amide bonds. The Morgan fingerprint density at radius 2 is 1.97 bits per heavy atom. The van der Waals surface area contributed by atoms with Crippen LogP contribution >= 0.6 is 0 Å². The Bertz CT molecular complexity index is 957. The highest BCUT2D eigenvalue weighted by atomic mass is 28.4. The van der Waals surface area contributed by atoms with Crippen LogP contribution in [0, 0.1) is 5.82 Å². The number of cyclic esters (lactones) is 1. The van der Waals surface area contributed by atoms with E-state index in [4.69, 9.17) is 18.4 Å². The topological polar surface area (TPSA) is 77.3 Å². The molecule has 0 saturated carbocycles. The van der Waals surface area contributed by atoms with Crippen molar-refractivity contribution in [2.24, 2.45) is 0 Å². The lowest BCUT2D eigenvalue weighted by Crippen LogP contribution is -2.58. The lowest BCUT2D eigenvalue weighted by atomic mass is 10.1. The third-order valence-electron chi connectivity index (χ3n) is 6.40. The number of amides is 1. The summed E-state index contributed by atoms with van der Waals surface area (Å²) in [6.45, 7) is 12.8. The van der Waals surface area contributed by atoms with Gasteiger partial charge in [-0.2, -0.15) is 0 Å². The van der Waals surface area contributed by atoms with Gasteiger partial charge in [-0.3, -0.25) is 4.90 Å². The second-order valence-corrected chi connectivity index (χ2v) is 14.6. The molecule has 1 unspecified atom stereocenters. The van der Waals surface area contributed by atoms with Gasteiger partial charge in [0.05, 0.1) is 24.0 Å². The fourth-order valence-electron chi connectivity index (χ4n) is 3.50. The molecule has 1 atom stereocenters. The van der Waals surface area contributed by atoms with Crippen molar-refractivity contribution in [3.05, 3.63) is 36.3 Å². The van der Waals surface area contributed by atoms with E-state index in [1.54, 1.807) is 18.2 Å². The van der Waals surface area contributed by atoms with Crippen LogP contribution in [0.15, 0.2) is 35.1 Å². The largest absolute Gasteiger partial charge is 0.471 e. The molecule has 2 fully saturated rings. The van der Waals surface area contributed by atoms with Crippen molar-refractivity contribution in [3.63, 3.8) is 0 Å². The number of aromatic nitrogens is 1. The molecule has 2 aliphatic heterocycles. The molecule has 3 heterocycles. The van der Waals surface area contributed by atoms with Crippen LogP contribution < -0.4 is 14.5 Å². The molecule has 1 aromatic carbocycles. The number of carbonyl (C=O) groups is 1. The van der Waals surface area contributed by atoms with Gasteiger partial charge in [0.15, 0.2) is 14.4 Å². The van der Waals surface area contributed by atoms with E-state index in [1.807, 2.05) is 4.90 Å². The molecule has 0 N–H and O–H groups in total. The summed E-state index contributed by atoms with van der Waals surface area (Å²) >= 11 is 0. The Hall–Kier alpha value is -2.59. The van der Waals surface area contributed by atoms with Crippen molar-refractivity contribution < 1.29 is 27.6 Å². The van der Waals surface area contributed by atoms with Crippen molar-refractivity contribution in [1.29, 1.82) is 0 Å². The highest BCUT2D eigenvalue weighted by Crippen LogP contribution is 2.39. The Morgan fingerprint density at radius 1 is 1.22 bits per heavy atom. The van der Waals surface area contributed by atoms with Gasteiger partial charge in [0, 0.05) is 19.2 Å². The standard InChI is InChI=1S/C22H30FN3O5Si/c1-22(2,3)32(4,5)31-16-11-25(12-16)19-7-6-15(10-18(19)23)26-13-17(30-21(26)27)14-28-20-8-9-29-24-20/h6-10,16-17H,11-14H2,1-5H3. The zero-order valence-corrected chi connectivity index (χ0v) is 20.1. The number of nitrogens with zero attached hydrogens (tertiary/aromatic N) is 3. The monoisotopic (exact) mass is 463 g/mol. The summed E-state index contributed by atoms with van der Waals surface area (Å²) < 4.78 is 36.7. The van der Waals surface area contributed by atoms with Crippen molar-refractivity contribution in [2.45, 2.75) is 51.1 Å². The lowest BCUT2D eigenvalue weighted by Gasteiger charge is -2.47. The van der Waals surface area contributed by atoms with Gasteiger partial charge in [-0.05, 0) is 41.5 Å². The molecule has 2 saturated heterocycles. The Morgan fingerprint density at radius 3 is 2.59 bits per heavy atom. The first-order chi connectivity index (χ1) is 15.0. The molecule has 0 aliphatic carbocycles. The zero-order valence-electron chi connectivity index (χ0n) is 19.1. The van der Waals surface area contributed by atoms with Crippen LogP contribution in [0.3, 0.4) is 0 Å². The number of carbonyl (C=O) groups excluding carboxylic acids is 1. The number of ether oxygens (including phenoxy) is 2. The zero-order chi connectivity index (χ0) is 23.1. The normalized spacial score (nSPS) is 19.8. The van der Waals surface area contributed by atoms with E-state index in [-0.39, 0.29) is 30.1 Å². The van der Waals surface area contributed by atoms with Gasteiger partial charge >= 0.3 is 6.09 Å². The molecule has 0 bridgehead atoms. The predicted octanol–water partition coefficient (Wildman–Crippen LogP) is 4.43. The average molecular weight is 464 g/mol. The molecule has 1 aromatic heterocycles. The molecule has 10 heteroatoms. The van der Waals surface area contributed by atoms with Crippen LogP contribution in [-0.4, -0.2) is 58.0 Å². The quantitative estimate of drug-likeness (QED) is 0.562. The van der Waals surface area contributed by atoms with E-state index >= 15 is 0 Å². The van der Waals surface area contributed by atoms with Crippen LogP contribution in [0.2, 0.25) is 18.1 Å². The van der Waals surface area contributed by atoms with E-state index in [0.717, 1.165) is 0 Å². The second kappa shape index (κ2) is 8.40. The van der Waals surface area contributed by atoms with Crippen molar-refractivity contribution in [2.75, 3.05) is 36.0 Å². The van der Waals surface area contributed by atoms with Crippen LogP contribution in [0.4, 0.5) is 20.6 Å². The van der Waals surface area contributed by atoms with Gasteiger partial charge in [0.2, 0.25) is 0 Å². The number of halogens is 1. The number of hydrogen-bond acceptors (Lipinski definition) is 7. The number of rotatable bonds is 7. The Labute approximate surface area is 188 Å². The van der Waals surface area contributed by atoms with E-state index in [1.165, 1.54) is 17.2 Å². The molecule has 174 valence electrons. The molecule has 32 heavy (non-hydrogen) atoms.